The van der Waals surface area contributed by atoms with E-state index in [9.17, 15) is 9.18 Å². The maximum Gasteiger partial charge on any atom is 0.251 e. The fraction of sp³-hybridized carbons (Fsp3) is 0.300. The highest BCUT2D eigenvalue weighted by Crippen LogP contribution is 2.16. The van der Waals surface area contributed by atoms with Crippen LogP contribution in [0.5, 0.6) is 0 Å². The van der Waals surface area contributed by atoms with Gasteiger partial charge >= 0.3 is 0 Å². The lowest BCUT2D eigenvalue weighted by Gasteiger charge is -2.06. The molecule has 0 aliphatic heterocycles. The second-order valence-electron chi connectivity index (χ2n) is 3.12. The van der Waals surface area contributed by atoms with Gasteiger partial charge in [-0.1, -0.05) is 0 Å². The van der Waals surface area contributed by atoms with Crippen LogP contribution in [0, 0.1) is 5.82 Å². The molecule has 0 aromatic heterocycles. The van der Waals surface area contributed by atoms with Gasteiger partial charge in [-0.3, -0.25) is 4.79 Å². The van der Waals surface area contributed by atoms with Crippen molar-refractivity contribution in [2.75, 3.05) is 6.54 Å². The SMILES string of the molecule is CC(Cl)CNC(=O)c1ccc(F)c(Br)c1. The van der Waals surface area contributed by atoms with Gasteiger partial charge in [0.1, 0.15) is 5.82 Å². The van der Waals surface area contributed by atoms with Crippen molar-refractivity contribution < 1.29 is 9.18 Å². The average Bonchev–Trinajstić information content (AvgIpc) is 2.18. The standard InChI is InChI=1S/C10H10BrClFNO/c1-6(12)5-14-10(15)7-2-3-9(13)8(11)4-7/h2-4,6H,5H2,1H3,(H,14,15). The van der Waals surface area contributed by atoms with E-state index in [2.05, 4.69) is 21.2 Å². The Bertz CT molecular complexity index is 370. The van der Waals surface area contributed by atoms with Gasteiger partial charge in [-0.25, -0.2) is 4.39 Å². The predicted octanol–water partition coefficient (Wildman–Crippen LogP) is 2.95. The Morgan fingerprint density at radius 3 is 2.87 bits per heavy atom. The van der Waals surface area contributed by atoms with E-state index < -0.39 is 5.82 Å². The average molecular weight is 295 g/mol. The number of carbonyl (C=O) groups excluding carboxylic acids is 1. The molecular formula is C10H10BrClFNO. The molecule has 1 rings (SSSR count). The first kappa shape index (κ1) is 12.5. The van der Waals surface area contributed by atoms with Gasteiger partial charge in [0.05, 0.1) is 4.47 Å². The number of nitrogens with one attached hydrogen (secondary N) is 1. The number of rotatable bonds is 3. The highest BCUT2D eigenvalue weighted by molar-refractivity contribution is 9.10. The zero-order valence-electron chi connectivity index (χ0n) is 8.06. The Balaban J connectivity index is 2.70. The number of alkyl halides is 1. The van der Waals surface area contributed by atoms with E-state index in [0.717, 1.165) is 0 Å². The fourth-order valence-electron chi connectivity index (χ4n) is 0.973. The molecule has 5 heteroatoms. The molecule has 1 unspecified atom stereocenters. The molecule has 1 aromatic rings. The van der Waals surface area contributed by atoms with Gasteiger partial charge in [0.15, 0.2) is 0 Å². The van der Waals surface area contributed by atoms with Gasteiger partial charge < -0.3 is 5.32 Å². The Kier molecular flexibility index (Phi) is 4.54. The van der Waals surface area contributed by atoms with E-state index in [1.54, 1.807) is 6.92 Å². The number of carbonyl (C=O) groups is 1. The summed E-state index contributed by atoms with van der Waals surface area (Å²) in [5.41, 5.74) is 0.403. The first-order valence-corrected chi connectivity index (χ1v) is 5.61. The summed E-state index contributed by atoms with van der Waals surface area (Å²) in [5, 5.41) is 2.50. The van der Waals surface area contributed by atoms with Gasteiger partial charge in [-0.05, 0) is 41.1 Å². The van der Waals surface area contributed by atoms with E-state index in [-0.39, 0.29) is 15.8 Å². The normalized spacial score (nSPS) is 12.3. The van der Waals surface area contributed by atoms with Crippen LogP contribution in [0.1, 0.15) is 17.3 Å². The number of hydrogen-bond acceptors (Lipinski definition) is 1. The molecule has 1 amide bonds. The van der Waals surface area contributed by atoms with Gasteiger partial charge in [0, 0.05) is 17.5 Å². The quantitative estimate of drug-likeness (QED) is 0.853. The highest BCUT2D eigenvalue weighted by atomic mass is 79.9. The summed E-state index contributed by atoms with van der Waals surface area (Å²) in [6.45, 7) is 2.16. The number of hydrogen-bond donors (Lipinski definition) is 1. The zero-order valence-corrected chi connectivity index (χ0v) is 10.4. The molecule has 0 aliphatic rings. The van der Waals surface area contributed by atoms with Crippen LogP contribution in [0.15, 0.2) is 22.7 Å². The maximum atomic E-state index is 12.9. The van der Waals surface area contributed by atoms with Gasteiger partial charge in [-0.15, -0.1) is 11.6 Å². The number of amides is 1. The van der Waals surface area contributed by atoms with Crippen LogP contribution in [0.2, 0.25) is 0 Å². The van der Waals surface area contributed by atoms with Crippen molar-refractivity contribution in [1.82, 2.24) is 5.32 Å². The summed E-state index contributed by atoms with van der Waals surface area (Å²) >= 11 is 8.70. The Hall–Kier alpha value is -0.610. The Labute approximate surface area is 101 Å². The fourth-order valence-corrected chi connectivity index (χ4v) is 1.43. The molecule has 0 radical (unpaired) electrons. The summed E-state index contributed by atoms with van der Waals surface area (Å²) in [7, 11) is 0. The second-order valence-corrected chi connectivity index (χ2v) is 4.72. The minimum absolute atomic E-state index is 0.127. The third kappa shape index (κ3) is 3.80. The molecule has 0 aliphatic carbocycles. The van der Waals surface area contributed by atoms with Crippen LogP contribution in [-0.2, 0) is 0 Å². The minimum Gasteiger partial charge on any atom is -0.351 e. The van der Waals surface area contributed by atoms with Crippen LogP contribution in [0.25, 0.3) is 0 Å². The van der Waals surface area contributed by atoms with Crippen molar-refractivity contribution in [3.8, 4) is 0 Å². The minimum atomic E-state index is -0.391. The van der Waals surface area contributed by atoms with Crippen molar-refractivity contribution in [1.29, 1.82) is 0 Å². The van der Waals surface area contributed by atoms with Crippen molar-refractivity contribution in [3.05, 3.63) is 34.1 Å². The molecule has 0 saturated heterocycles. The third-order valence-electron chi connectivity index (χ3n) is 1.73. The lowest BCUT2D eigenvalue weighted by atomic mass is 10.2. The topological polar surface area (TPSA) is 29.1 Å². The zero-order chi connectivity index (χ0) is 11.4. The monoisotopic (exact) mass is 293 g/mol. The summed E-state index contributed by atoms with van der Waals surface area (Å²) in [5.74, 6) is -0.652. The number of benzene rings is 1. The van der Waals surface area contributed by atoms with E-state index in [1.165, 1.54) is 18.2 Å². The van der Waals surface area contributed by atoms with E-state index in [4.69, 9.17) is 11.6 Å². The van der Waals surface area contributed by atoms with Crippen LogP contribution in [-0.4, -0.2) is 17.8 Å². The van der Waals surface area contributed by atoms with Crippen LogP contribution in [0.4, 0.5) is 4.39 Å². The van der Waals surface area contributed by atoms with Crippen molar-refractivity contribution >= 4 is 33.4 Å². The van der Waals surface area contributed by atoms with Crippen LogP contribution >= 0.6 is 27.5 Å². The maximum absolute atomic E-state index is 12.9. The molecule has 2 nitrogen and oxygen atoms in total. The molecule has 0 fully saturated rings. The summed E-state index contributed by atoms with van der Waals surface area (Å²) < 4.78 is 13.1. The molecule has 1 aromatic carbocycles. The van der Waals surface area contributed by atoms with Crippen molar-refractivity contribution in [3.63, 3.8) is 0 Å². The Morgan fingerprint density at radius 2 is 2.33 bits per heavy atom. The lowest BCUT2D eigenvalue weighted by Crippen LogP contribution is -2.28. The smallest absolute Gasteiger partial charge is 0.251 e. The van der Waals surface area contributed by atoms with E-state index in [1.807, 2.05) is 0 Å². The lowest BCUT2D eigenvalue weighted by molar-refractivity contribution is 0.0954. The van der Waals surface area contributed by atoms with E-state index in [0.29, 0.717) is 12.1 Å². The molecule has 15 heavy (non-hydrogen) atoms. The third-order valence-corrected chi connectivity index (χ3v) is 2.49. The van der Waals surface area contributed by atoms with Crippen LogP contribution in [0.3, 0.4) is 0 Å². The number of halogens is 3. The first-order valence-electron chi connectivity index (χ1n) is 4.38. The van der Waals surface area contributed by atoms with Crippen LogP contribution < -0.4 is 5.32 Å². The first-order chi connectivity index (χ1) is 7.00. The van der Waals surface area contributed by atoms with Crippen molar-refractivity contribution in [2.45, 2.75) is 12.3 Å². The molecule has 82 valence electrons. The highest BCUT2D eigenvalue weighted by Gasteiger charge is 2.08. The summed E-state index contributed by atoms with van der Waals surface area (Å²) in [6, 6.07) is 4.10. The molecular weight excluding hydrogens is 284 g/mol. The van der Waals surface area contributed by atoms with Gasteiger partial charge in [0.25, 0.3) is 5.91 Å². The molecule has 1 N–H and O–H groups in total. The molecule has 0 heterocycles. The second kappa shape index (κ2) is 5.47. The molecule has 0 bridgehead atoms. The summed E-state index contributed by atoms with van der Waals surface area (Å²) in [6.07, 6.45) is 0. The molecule has 0 saturated carbocycles. The summed E-state index contributed by atoms with van der Waals surface area (Å²) in [4.78, 5) is 11.5. The van der Waals surface area contributed by atoms with Gasteiger partial charge in [-0.2, -0.15) is 0 Å². The molecule has 1 atom stereocenters. The molecule has 0 spiro atoms. The van der Waals surface area contributed by atoms with Crippen molar-refractivity contribution in [2.24, 2.45) is 0 Å². The largest absolute Gasteiger partial charge is 0.351 e. The Morgan fingerprint density at radius 1 is 1.67 bits per heavy atom. The van der Waals surface area contributed by atoms with Gasteiger partial charge in [0.2, 0.25) is 0 Å². The predicted molar refractivity (Wildman–Crippen MR) is 61.7 cm³/mol. The van der Waals surface area contributed by atoms with E-state index >= 15 is 0 Å².